The summed E-state index contributed by atoms with van der Waals surface area (Å²) in [5, 5.41) is 13.6. The van der Waals surface area contributed by atoms with Crippen molar-refractivity contribution in [2.45, 2.75) is 25.8 Å². The minimum atomic E-state index is -0.343. The lowest BCUT2D eigenvalue weighted by Gasteiger charge is -2.16. The maximum absolute atomic E-state index is 11.5. The molecule has 4 heterocycles. The number of aromatic nitrogens is 8. The first-order valence-corrected chi connectivity index (χ1v) is 12.1. The van der Waals surface area contributed by atoms with Gasteiger partial charge in [0.1, 0.15) is 12.4 Å². The van der Waals surface area contributed by atoms with Crippen molar-refractivity contribution >= 4 is 5.97 Å². The van der Waals surface area contributed by atoms with E-state index in [-0.39, 0.29) is 12.5 Å². The highest BCUT2D eigenvalue weighted by Gasteiger charge is 2.27. The number of benzene rings is 1. The van der Waals surface area contributed by atoms with Gasteiger partial charge in [0.15, 0.2) is 0 Å². The lowest BCUT2D eigenvalue weighted by Crippen LogP contribution is -2.12. The van der Waals surface area contributed by atoms with Crippen molar-refractivity contribution in [3.63, 3.8) is 0 Å². The fraction of sp³-hybridized carbons (Fsp3) is 0.259. The Morgan fingerprint density at radius 1 is 1.00 bits per heavy atom. The Balaban J connectivity index is 1.33. The number of carbonyl (C=O) groups is 1. The third kappa shape index (κ3) is 4.31. The molecular weight excluding hydrogens is 468 g/mol. The van der Waals surface area contributed by atoms with Crippen LogP contribution in [0.4, 0.5) is 0 Å². The van der Waals surface area contributed by atoms with Gasteiger partial charge in [0, 0.05) is 49.4 Å². The second-order valence-corrected chi connectivity index (χ2v) is 9.19. The number of hydrogen-bond acceptors (Lipinski definition) is 7. The molecule has 0 aliphatic heterocycles. The average molecular weight is 495 g/mol. The molecular formula is C27H26N8O2. The van der Waals surface area contributed by atoms with Gasteiger partial charge < -0.3 is 4.74 Å². The van der Waals surface area contributed by atoms with E-state index >= 15 is 0 Å². The highest BCUT2D eigenvalue weighted by molar-refractivity contribution is 5.84. The normalized spacial score (nSPS) is 12.3. The number of nitrogens with zero attached hydrogens (tertiary/aromatic N) is 8. The van der Waals surface area contributed by atoms with Crippen LogP contribution in [0.2, 0.25) is 0 Å². The zero-order valence-corrected chi connectivity index (χ0v) is 20.9. The Morgan fingerprint density at radius 2 is 1.81 bits per heavy atom. The molecule has 0 saturated carbocycles. The average Bonchev–Trinajstić information content (AvgIpc) is 3.62. The number of carbonyl (C=O) groups excluding carboxylic acids is 1. The van der Waals surface area contributed by atoms with Crippen molar-refractivity contribution in [2.75, 3.05) is 7.11 Å². The van der Waals surface area contributed by atoms with Crippen LogP contribution in [0, 0.1) is 0 Å². The lowest BCUT2D eigenvalue weighted by atomic mass is 9.91. The van der Waals surface area contributed by atoms with E-state index in [0.717, 1.165) is 63.4 Å². The number of esters is 1. The summed E-state index contributed by atoms with van der Waals surface area (Å²) in [5.74, 6) is 0.335. The maximum atomic E-state index is 11.5. The van der Waals surface area contributed by atoms with Crippen LogP contribution in [0.5, 0.6) is 0 Å². The minimum absolute atomic E-state index is 0.0729. The summed E-state index contributed by atoms with van der Waals surface area (Å²) in [7, 11) is 5.27. The Morgan fingerprint density at radius 3 is 2.57 bits per heavy atom. The smallest absolute Gasteiger partial charge is 0.327 e. The van der Waals surface area contributed by atoms with Crippen molar-refractivity contribution in [2.24, 2.45) is 14.1 Å². The van der Waals surface area contributed by atoms with Crippen molar-refractivity contribution in [3.8, 4) is 33.6 Å². The zero-order valence-electron chi connectivity index (χ0n) is 20.9. The van der Waals surface area contributed by atoms with Crippen molar-refractivity contribution < 1.29 is 9.53 Å². The SMILES string of the molecule is COC(=O)Cn1ccc(Cc2ncc3c(n2)-c2c(nn(C)c2-c2ccc(-c4cnn(C)c4)cc2)CC3)n1. The summed E-state index contributed by atoms with van der Waals surface area (Å²) in [6, 6.07) is 10.4. The van der Waals surface area contributed by atoms with E-state index in [1.54, 1.807) is 15.6 Å². The molecule has 0 fully saturated rings. The number of methoxy groups -OCH3 is 1. The van der Waals surface area contributed by atoms with Crippen LogP contribution < -0.4 is 0 Å². The third-order valence-electron chi connectivity index (χ3n) is 6.65. The molecule has 4 aromatic heterocycles. The first-order valence-electron chi connectivity index (χ1n) is 12.1. The Kier molecular flexibility index (Phi) is 5.63. The number of aryl methyl sites for hydroxylation is 4. The molecule has 1 aliphatic carbocycles. The maximum Gasteiger partial charge on any atom is 0.327 e. The summed E-state index contributed by atoms with van der Waals surface area (Å²) >= 11 is 0. The quantitative estimate of drug-likeness (QED) is 0.334. The first kappa shape index (κ1) is 22.8. The molecule has 0 N–H and O–H groups in total. The van der Waals surface area contributed by atoms with E-state index in [4.69, 9.17) is 14.8 Å². The van der Waals surface area contributed by atoms with Crippen LogP contribution in [0.3, 0.4) is 0 Å². The highest BCUT2D eigenvalue weighted by atomic mass is 16.5. The molecule has 1 aromatic carbocycles. The summed E-state index contributed by atoms with van der Waals surface area (Å²) in [5.41, 5.74) is 9.28. The summed E-state index contributed by atoms with van der Waals surface area (Å²) in [6.07, 6.45) is 9.73. The molecule has 0 amide bonds. The lowest BCUT2D eigenvalue weighted by molar-refractivity contribution is -0.141. The molecule has 0 spiro atoms. The Hall–Kier alpha value is -4.60. The van der Waals surface area contributed by atoms with E-state index in [1.807, 2.05) is 43.4 Å². The van der Waals surface area contributed by atoms with Gasteiger partial charge >= 0.3 is 5.97 Å². The number of fused-ring (bicyclic) bond motifs is 3. The number of hydrogen-bond donors (Lipinski definition) is 0. The molecule has 0 unspecified atom stereocenters. The largest absolute Gasteiger partial charge is 0.468 e. The van der Waals surface area contributed by atoms with Crippen molar-refractivity contribution in [1.29, 1.82) is 0 Å². The topological polar surface area (TPSA) is 106 Å². The second-order valence-electron chi connectivity index (χ2n) is 9.19. The van der Waals surface area contributed by atoms with Gasteiger partial charge in [-0.2, -0.15) is 15.3 Å². The molecule has 5 aromatic rings. The Bertz CT molecular complexity index is 1610. The van der Waals surface area contributed by atoms with Gasteiger partial charge in [0.2, 0.25) is 0 Å². The zero-order chi connectivity index (χ0) is 25.5. The number of ether oxygens (including phenoxy) is 1. The van der Waals surface area contributed by atoms with Gasteiger partial charge in [0.25, 0.3) is 0 Å². The minimum Gasteiger partial charge on any atom is -0.468 e. The van der Waals surface area contributed by atoms with E-state index in [2.05, 4.69) is 39.4 Å². The van der Waals surface area contributed by atoms with Gasteiger partial charge in [-0.1, -0.05) is 24.3 Å². The van der Waals surface area contributed by atoms with Crippen LogP contribution in [-0.4, -0.2) is 52.4 Å². The van der Waals surface area contributed by atoms with Crippen LogP contribution in [0.15, 0.2) is 55.1 Å². The van der Waals surface area contributed by atoms with E-state index < -0.39 is 0 Å². The fourth-order valence-corrected chi connectivity index (χ4v) is 4.85. The van der Waals surface area contributed by atoms with Gasteiger partial charge in [-0.15, -0.1) is 0 Å². The molecule has 10 heteroatoms. The summed E-state index contributed by atoms with van der Waals surface area (Å²) in [6.45, 7) is 0.0729. The molecule has 10 nitrogen and oxygen atoms in total. The van der Waals surface area contributed by atoms with Crippen LogP contribution in [0.25, 0.3) is 33.6 Å². The van der Waals surface area contributed by atoms with Crippen LogP contribution >= 0.6 is 0 Å². The molecule has 0 bridgehead atoms. The molecule has 0 atom stereocenters. The standard InChI is InChI=1S/C27H26N8O2/c1-33-15-20(14-29-33)17-4-6-18(7-5-17)27-25-22(32-34(27)2)9-8-19-13-28-23(30-26(19)25)12-21-10-11-35(31-21)16-24(36)37-3/h4-7,10-11,13-15H,8-9,12,16H2,1-3H3. The fourth-order valence-electron chi connectivity index (χ4n) is 4.85. The monoisotopic (exact) mass is 494 g/mol. The van der Waals surface area contributed by atoms with Crippen molar-refractivity contribution in [1.82, 2.24) is 39.3 Å². The van der Waals surface area contributed by atoms with E-state index in [1.165, 1.54) is 7.11 Å². The van der Waals surface area contributed by atoms with Crippen LogP contribution in [-0.2, 0) is 49.4 Å². The molecule has 0 radical (unpaired) electrons. The number of rotatable bonds is 6. The molecule has 0 saturated heterocycles. The summed E-state index contributed by atoms with van der Waals surface area (Å²) < 4.78 is 10.0. The second kappa shape index (κ2) is 9.12. The molecule has 186 valence electrons. The van der Waals surface area contributed by atoms with E-state index in [9.17, 15) is 4.79 Å². The highest BCUT2D eigenvalue weighted by Crippen LogP contribution is 2.39. The van der Waals surface area contributed by atoms with E-state index in [0.29, 0.717) is 12.2 Å². The van der Waals surface area contributed by atoms with Crippen LogP contribution in [0.1, 0.15) is 22.8 Å². The van der Waals surface area contributed by atoms with Crippen molar-refractivity contribution in [3.05, 3.63) is 77.9 Å². The van der Waals surface area contributed by atoms with Gasteiger partial charge in [-0.25, -0.2) is 9.97 Å². The predicted octanol–water partition coefficient (Wildman–Crippen LogP) is 3.00. The van der Waals surface area contributed by atoms with Gasteiger partial charge in [0.05, 0.1) is 42.5 Å². The molecule has 6 rings (SSSR count). The van der Waals surface area contributed by atoms with Gasteiger partial charge in [-0.3, -0.25) is 18.8 Å². The summed E-state index contributed by atoms with van der Waals surface area (Å²) in [4.78, 5) is 21.2. The Labute approximate surface area is 213 Å². The molecule has 1 aliphatic rings. The third-order valence-corrected chi connectivity index (χ3v) is 6.65. The van der Waals surface area contributed by atoms with Gasteiger partial charge in [-0.05, 0) is 30.0 Å². The molecule has 37 heavy (non-hydrogen) atoms. The first-order chi connectivity index (χ1) is 18.0. The predicted molar refractivity (Wildman–Crippen MR) is 136 cm³/mol.